The molecule has 0 aliphatic heterocycles. The van der Waals surface area contributed by atoms with Crippen molar-refractivity contribution in [2.45, 2.75) is 25.8 Å². The molecule has 0 saturated heterocycles. The Morgan fingerprint density at radius 3 is 2.31 bits per heavy atom. The lowest BCUT2D eigenvalue weighted by molar-refractivity contribution is -0.131. The van der Waals surface area contributed by atoms with Crippen LogP contribution in [0, 0.1) is 0 Å². The number of hydrogen-bond donors (Lipinski definition) is 1. The van der Waals surface area contributed by atoms with Gasteiger partial charge in [-0.05, 0) is 42.8 Å². The second-order valence-electron chi connectivity index (χ2n) is 6.09. The van der Waals surface area contributed by atoms with E-state index >= 15 is 0 Å². The molecule has 2 rings (SSSR count). The van der Waals surface area contributed by atoms with Gasteiger partial charge >= 0.3 is 0 Å². The second kappa shape index (κ2) is 10.4. The van der Waals surface area contributed by atoms with E-state index < -0.39 is 0 Å². The van der Waals surface area contributed by atoms with Crippen molar-refractivity contribution in [1.29, 1.82) is 0 Å². The first kappa shape index (κ1) is 19.7. The summed E-state index contributed by atoms with van der Waals surface area (Å²) in [6.45, 7) is 1.67. The molecule has 0 unspecified atom stereocenters. The van der Waals surface area contributed by atoms with E-state index in [1.165, 1.54) is 0 Å². The van der Waals surface area contributed by atoms with Crippen LogP contribution in [0.2, 0.25) is 0 Å². The van der Waals surface area contributed by atoms with Crippen LogP contribution in [0.4, 0.5) is 0 Å². The molecule has 138 valence electrons. The zero-order chi connectivity index (χ0) is 18.8. The number of methoxy groups -OCH3 is 1. The predicted molar refractivity (Wildman–Crippen MR) is 102 cm³/mol. The summed E-state index contributed by atoms with van der Waals surface area (Å²) in [5.74, 6) is 0.636. The predicted octanol–water partition coefficient (Wildman–Crippen LogP) is 3.04. The van der Waals surface area contributed by atoms with Crippen LogP contribution in [0.3, 0.4) is 0 Å². The molecule has 2 aromatic rings. The minimum absolute atomic E-state index is 0.0239. The van der Waals surface area contributed by atoms with Gasteiger partial charge in [-0.15, -0.1) is 0 Å². The highest BCUT2D eigenvalue weighted by molar-refractivity contribution is 5.98. The summed E-state index contributed by atoms with van der Waals surface area (Å²) >= 11 is 0. The van der Waals surface area contributed by atoms with Crippen molar-refractivity contribution in [2.75, 3.05) is 20.2 Å². The van der Waals surface area contributed by atoms with Crippen molar-refractivity contribution in [3.8, 4) is 5.75 Å². The van der Waals surface area contributed by atoms with E-state index in [1.54, 1.807) is 36.3 Å². The zero-order valence-corrected chi connectivity index (χ0v) is 15.2. The van der Waals surface area contributed by atoms with Gasteiger partial charge in [-0.25, -0.2) is 0 Å². The third-order valence-electron chi connectivity index (χ3n) is 4.18. The smallest absolute Gasteiger partial charge is 0.223 e. The summed E-state index contributed by atoms with van der Waals surface area (Å²) in [5, 5.41) is 0. The highest BCUT2D eigenvalue weighted by atomic mass is 16.5. The van der Waals surface area contributed by atoms with Crippen molar-refractivity contribution in [3.63, 3.8) is 0 Å². The summed E-state index contributed by atoms with van der Waals surface area (Å²) in [7, 11) is 1.58. The first-order chi connectivity index (χ1) is 12.6. The van der Waals surface area contributed by atoms with E-state index in [0.717, 1.165) is 12.0 Å². The van der Waals surface area contributed by atoms with Gasteiger partial charge in [-0.3, -0.25) is 9.59 Å². The van der Waals surface area contributed by atoms with E-state index in [-0.39, 0.29) is 24.5 Å². The summed E-state index contributed by atoms with van der Waals surface area (Å²) < 4.78 is 5.09. The molecule has 0 saturated carbocycles. The third kappa shape index (κ3) is 6.01. The Labute approximate surface area is 154 Å². The zero-order valence-electron chi connectivity index (χ0n) is 15.2. The SMILES string of the molecule is COc1ccc(C(=O)CCC(=O)N(CCCN)Cc2ccccc2)cc1. The van der Waals surface area contributed by atoms with Gasteiger partial charge in [-0.1, -0.05) is 30.3 Å². The minimum atomic E-state index is -0.0421. The molecule has 0 aliphatic rings. The molecule has 0 heterocycles. The first-order valence-electron chi connectivity index (χ1n) is 8.83. The van der Waals surface area contributed by atoms with Gasteiger partial charge in [-0.2, -0.15) is 0 Å². The van der Waals surface area contributed by atoms with Gasteiger partial charge in [0.1, 0.15) is 5.75 Å². The molecule has 0 aliphatic carbocycles. The molecule has 0 fully saturated rings. The number of hydrogen-bond acceptors (Lipinski definition) is 4. The number of nitrogens with two attached hydrogens (primary N) is 1. The van der Waals surface area contributed by atoms with E-state index in [2.05, 4.69) is 0 Å². The maximum atomic E-state index is 12.6. The summed E-state index contributed by atoms with van der Waals surface area (Å²) in [4.78, 5) is 26.7. The van der Waals surface area contributed by atoms with Crippen LogP contribution in [0.15, 0.2) is 54.6 Å². The van der Waals surface area contributed by atoms with Crippen molar-refractivity contribution in [2.24, 2.45) is 5.73 Å². The lowest BCUT2D eigenvalue weighted by atomic mass is 10.1. The molecule has 0 spiro atoms. The van der Waals surface area contributed by atoms with E-state index in [4.69, 9.17) is 10.5 Å². The van der Waals surface area contributed by atoms with Crippen LogP contribution in [0.5, 0.6) is 5.75 Å². The molecule has 0 bridgehead atoms. The van der Waals surface area contributed by atoms with Crippen LogP contribution in [-0.4, -0.2) is 36.8 Å². The number of ether oxygens (including phenoxy) is 1. The number of ketones is 1. The number of carbonyl (C=O) groups excluding carboxylic acids is 2. The third-order valence-corrected chi connectivity index (χ3v) is 4.18. The number of Topliss-reactive ketones (excluding diaryl/α,β-unsaturated/α-hetero) is 1. The van der Waals surface area contributed by atoms with Crippen molar-refractivity contribution < 1.29 is 14.3 Å². The highest BCUT2D eigenvalue weighted by Gasteiger charge is 2.16. The van der Waals surface area contributed by atoms with E-state index in [1.807, 2.05) is 30.3 Å². The highest BCUT2D eigenvalue weighted by Crippen LogP contribution is 2.14. The number of carbonyl (C=O) groups is 2. The number of rotatable bonds is 10. The van der Waals surface area contributed by atoms with E-state index in [9.17, 15) is 9.59 Å². The Morgan fingerprint density at radius 2 is 1.69 bits per heavy atom. The van der Waals surface area contributed by atoms with Crippen molar-refractivity contribution in [3.05, 3.63) is 65.7 Å². The molecule has 2 N–H and O–H groups in total. The standard InChI is InChI=1S/C21H26N2O3/c1-26-19-10-8-18(9-11-19)20(24)12-13-21(25)23(15-5-14-22)16-17-6-3-2-4-7-17/h2-4,6-11H,5,12-16,22H2,1H3. The molecule has 26 heavy (non-hydrogen) atoms. The molecular weight excluding hydrogens is 328 g/mol. The summed E-state index contributed by atoms with van der Waals surface area (Å²) in [6, 6.07) is 16.8. The van der Waals surface area contributed by atoms with Crippen molar-refractivity contribution in [1.82, 2.24) is 4.90 Å². The second-order valence-corrected chi connectivity index (χ2v) is 6.09. The number of benzene rings is 2. The van der Waals surface area contributed by atoms with E-state index in [0.29, 0.717) is 30.9 Å². The fraction of sp³-hybridized carbons (Fsp3) is 0.333. The summed E-state index contributed by atoms with van der Waals surface area (Å²) in [6.07, 6.45) is 1.13. The Bertz CT molecular complexity index is 699. The van der Waals surface area contributed by atoms with Gasteiger partial charge < -0.3 is 15.4 Å². The normalized spacial score (nSPS) is 10.4. The van der Waals surface area contributed by atoms with Gasteiger partial charge in [0.25, 0.3) is 0 Å². The number of nitrogens with zero attached hydrogens (tertiary/aromatic N) is 1. The maximum absolute atomic E-state index is 12.6. The topological polar surface area (TPSA) is 72.6 Å². The molecule has 5 heteroatoms. The Balaban J connectivity index is 1.93. The Kier molecular flexibility index (Phi) is 7.83. The maximum Gasteiger partial charge on any atom is 0.223 e. The van der Waals surface area contributed by atoms with Gasteiger partial charge in [0.2, 0.25) is 5.91 Å². The van der Waals surface area contributed by atoms with Crippen LogP contribution in [0.1, 0.15) is 35.2 Å². The van der Waals surface area contributed by atoms with Gasteiger partial charge in [0.05, 0.1) is 7.11 Å². The van der Waals surface area contributed by atoms with Crippen LogP contribution < -0.4 is 10.5 Å². The quantitative estimate of drug-likeness (QED) is 0.666. The Hall–Kier alpha value is -2.66. The fourth-order valence-electron chi connectivity index (χ4n) is 2.68. The minimum Gasteiger partial charge on any atom is -0.497 e. The largest absolute Gasteiger partial charge is 0.497 e. The lowest BCUT2D eigenvalue weighted by Crippen LogP contribution is -2.32. The monoisotopic (exact) mass is 354 g/mol. The van der Waals surface area contributed by atoms with Crippen molar-refractivity contribution >= 4 is 11.7 Å². The molecule has 5 nitrogen and oxygen atoms in total. The van der Waals surface area contributed by atoms with Crippen LogP contribution in [-0.2, 0) is 11.3 Å². The van der Waals surface area contributed by atoms with Gasteiger partial charge in [0.15, 0.2) is 5.78 Å². The molecule has 0 atom stereocenters. The average Bonchev–Trinajstić information content (AvgIpc) is 2.69. The Morgan fingerprint density at radius 1 is 1.00 bits per heavy atom. The average molecular weight is 354 g/mol. The van der Waals surface area contributed by atoms with Gasteiger partial charge in [0, 0.05) is 31.5 Å². The molecular formula is C21H26N2O3. The molecule has 1 amide bonds. The first-order valence-corrected chi connectivity index (χ1v) is 8.83. The fourth-order valence-corrected chi connectivity index (χ4v) is 2.68. The molecule has 2 aromatic carbocycles. The van der Waals surface area contributed by atoms with Crippen LogP contribution >= 0.6 is 0 Å². The summed E-state index contributed by atoms with van der Waals surface area (Å²) in [5.41, 5.74) is 7.25. The number of amides is 1. The van der Waals surface area contributed by atoms with Crippen LogP contribution in [0.25, 0.3) is 0 Å². The lowest BCUT2D eigenvalue weighted by Gasteiger charge is -2.22. The molecule has 0 radical (unpaired) electrons. The molecule has 0 aromatic heterocycles.